The van der Waals surface area contributed by atoms with Crippen molar-refractivity contribution in [1.29, 1.82) is 0 Å². The summed E-state index contributed by atoms with van der Waals surface area (Å²) in [6, 6.07) is 5.95. The van der Waals surface area contributed by atoms with Crippen LogP contribution in [0.25, 0.3) is 26.8 Å². The van der Waals surface area contributed by atoms with E-state index in [1.165, 1.54) is 12.8 Å². The Balaban J connectivity index is 1.53. The number of hydrogen-bond acceptors (Lipinski definition) is 5. The second-order valence-corrected chi connectivity index (χ2v) is 8.68. The molecule has 0 amide bonds. The predicted molar refractivity (Wildman–Crippen MR) is 116 cm³/mol. The van der Waals surface area contributed by atoms with E-state index in [0.717, 1.165) is 52.9 Å². The zero-order valence-corrected chi connectivity index (χ0v) is 17.4. The Morgan fingerprint density at radius 3 is 2.94 bits per heavy atom. The Hall–Kier alpha value is -3.31. The van der Waals surface area contributed by atoms with Gasteiger partial charge in [-0.25, -0.2) is 14.5 Å². The second kappa shape index (κ2) is 7.13. The van der Waals surface area contributed by atoms with Gasteiger partial charge in [0.1, 0.15) is 17.9 Å². The molecule has 0 radical (unpaired) electrons. The first-order chi connectivity index (χ1) is 15.2. The van der Waals surface area contributed by atoms with Crippen molar-refractivity contribution >= 4 is 27.6 Å². The predicted octanol–water partition coefficient (Wildman–Crippen LogP) is 4.39. The van der Waals surface area contributed by atoms with Gasteiger partial charge in [-0.1, -0.05) is 11.3 Å². The Kier molecular flexibility index (Phi) is 4.25. The Bertz CT molecular complexity index is 1330. The number of nitrogens with zero attached hydrogens (tertiary/aromatic N) is 7. The molecule has 3 aromatic heterocycles. The lowest BCUT2D eigenvalue weighted by Gasteiger charge is -2.30. The quantitative estimate of drug-likeness (QED) is 0.464. The topological polar surface area (TPSA) is 75.0 Å². The van der Waals surface area contributed by atoms with Crippen molar-refractivity contribution in [2.75, 3.05) is 6.61 Å². The molecule has 0 bridgehead atoms. The SMILES string of the molecule is [C-]#[N+]c1ccc2ncc3nc(Cn4cc(C5CC5)nn4)n([C@@H]4CCO[C@H](C)C4)c3c2c1. The van der Waals surface area contributed by atoms with Crippen molar-refractivity contribution in [3.8, 4) is 0 Å². The first-order valence-electron chi connectivity index (χ1n) is 10.9. The number of aromatic nitrogens is 6. The van der Waals surface area contributed by atoms with Gasteiger partial charge in [-0.3, -0.25) is 4.98 Å². The highest BCUT2D eigenvalue weighted by Crippen LogP contribution is 2.39. The van der Waals surface area contributed by atoms with Gasteiger partial charge < -0.3 is 9.30 Å². The largest absolute Gasteiger partial charge is 0.378 e. The summed E-state index contributed by atoms with van der Waals surface area (Å²) >= 11 is 0. The minimum Gasteiger partial charge on any atom is -0.378 e. The second-order valence-electron chi connectivity index (χ2n) is 8.68. The standard InChI is InChI=1S/C23H23N7O/c1-14-9-17(7-8-31-14)30-22(13-29-12-21(27-28-29)15-3-4-15)26-20-11-25-19-6-5-16(24-2)10-18(19)23(20)30/h5-6,10-12,14-15,17H,3-4,7-9,13H2,1H3/t14-,17-/m1/s1. The van der Waals surface area contributed by atoms with Crippen LogP contribution in [0.15, 0.2) is 30.6 Å². The van der Waals surface area contributed by atoms with E-state index in [-0.39, 0.29) is 12.1 Å². The zero-order chi connectivity index (χ0) is 20.9. The third-order valence-electron chi connectivity index (χ3n) is 6.38. The zero-order valence-electron chi connectivity index (χ0n) is 17.4. The van der Waals surface area contributed by atoms with E-state index in [0.29, 0.717) is 18.2 Å². The van der Waals surface area contributed by atoms with Crippen molar-refractivity contribution in [2.24, 2.45) is 0 Å². The maximum atomic E-state index is 7.45. The van der Waals surface area contributed by atoms with Crippen LogP contribution in [0.1, 0.15) is 56.1 Å². The van der Waals surface area contributed by atoms with Crippen molar-refractivity contribution in [3.63, 3.8) is 0 Å². The fraction of sp³-hybridized carbons (Fsp3) is 0.435. The minimum absolute atomic E-state index is 0.198. The first kappa shape index (κ1) is 18.5. The number of ether oxygens (including phenoxy) is 1. The molecule has 31 heavy (non-hydrogen) atoms. The van der Waals surface area contributed by atoms with Crippen molar-refractivity contribution in [3.05, 3.63) is 53.5 Å². The summed E-state index contributed by atoms with van der Waals surface area (Å²) in [5.74, 6) is 1.52. The first-order valence-corrected chi connectivity index (χ1v) is 10.9. The van der Waals surface area contributed by atoms with Crippen LogP contribution in [0, 0.1) is 6.57 Å². The van der Waals surface area contributed by atoms with Crippen molar-refractivity contribution in [2.45, 2.75) is 57.2 Å². The lowest BCUT2D eigenvalue weighted by atomic mass is 10.0. The van der Waals surface area contributed by atoms with E-state index >= 15 is 0 Å². The summed E-state index contributed by atoms with van der Waals surface area (Å²) in [5, 5.41) is 9.71. The summed E-state index contributed by atoms with van der Waals surface area (Å²) in [5.41, 5.74) is 4.47. The highest BCUT2D eigenvalue weighted by molar-refractivity contribution is 6.03. The molecule has 0 unspecified atom stereocenters. The van der Waals surface area contributed by atoms with Gasteiger partial charge in [0, 0.05) is 30.1 Å². The normalized spacial score (nSPS) is 21.5. The maximum absolute atomic E-state index is 7.45. The number of pyridine rings is 1. The number of imidazole rings is 1. The van der Waals surface area contributed by atoms with Gasteiger partial charge in [-0.2, -0.15) is 0 Å². The lowest BCUT2D eigenvalue weighted by Crippen LogP contribution is -2.27. The van der Waals surface area contributed by atoms with Gasteiger partial charge in [-0.15, -0.1) is 5.10 Å². The van der Waals surface area contributed by atoms with E-state index in [9.17, 15) is 0 Å². The van der Waals surface area contributed by atoms with E-state index in [2.05, 4.69) is 37.8 Å². The van der Waals surface area contributed by atoms with E-state index < -0.39 is 0 Å². The lowest BCUT2D eigenvalue weighted by molar-refractivity contribution is 0.00619. The van der Waals surface area contributed by atoms with Gasteiger partial charge in [0.05, 0.1) is 35.6 Å². The third-order valence-corrected chi connectivity index (χ3v) is 6.38. The molecule has 4 aromatic rings. The highest BCUT2D eigenvalue weighted by Gasteiger charge is 2.28. The van der Waals surface area contributed by atoms with Crippen LogP contribution in [-0.4, -0.2) is 42.2 Å². The molecule has 1 saturated heterocycles. The molecular weight excluding hydrogens is 390 g/mol. The summed E-state index contributed by atoms with van der Waals surface area (Å²) in [4.78, 5) is 13.2. The van der Waals surface area contributed by atoms with Crippen LogP contribution >= 0.6 is 0 Å². The van der Waals surface area contributed by atoms with E-state index in [1.807, 2.05) is 29.1 Å². The number of benzene rings is 1. The van der Waals surface area contributed by atoms with Gasteiger partial charge in [0.15, 0.2) is 5.69 Å². The maximum Gasteiger partial charge on any atom is 0.188 e. The Morgan fingerprint density at radius 2 is 2.13 bits per heavy atom. The Labute approximate surface area is 179 Å². The summed E-state index contributed by atoms with van der Waals surface area (Å²) < 4.78 is 10.1. The van der Waals surface area contributed by atoms with Crippen LogP contribution in [-0.2, 0) is 11.3 Å². The fourth-order valence-electron chi connectivity index (χ4n) is 4.70. The van der Waals surface area contributed by atoms with E-state index in [4.69, 9.17) is 16.3 Å². The molecule has 8 nitrogen and oxygen atoms in total. The number of fused-ring (bicyclic) bond motifs is 3. The smallest absolute Gasteiger partial charge is 0.188 e. The molecular formula is C23H23N7O. The van der Waals surface area contributed by atoms with Crippen LogP contribution in [0.5, 0.6) is 0 Å². The van der Waals surface area contributed by atoms with Crippen LogP contribution in [0.4, 0.5) is 5.69 Å². The van der Waals surface area contributed by atoms with Gasteiger partial charge in [0.2, 0.25) is 0 Å². The van der Waals surface area contributed by atoms with Gasteiger partial charge in [0.25, 0.3) is 0 Å². The molecule has 0 N–H and O–H groups in total. The molecule has 6 rings (SSSR count). The highest BCUT2D eigenvalue weighted by atomic mass is 16.5. The third kappa shape index (κ3) is 3.26. The average molecular weight is 413 g/mol. The molecule has 2 fully saturated rings. The van der Waals surface area contributed by atoms with Crippen LogP contribution < -0.4 is 0 Å². The number of rotatable bonds is 4. The monoisotopic (exact) mass is 413 g/mol. The van der Waals surface area contributed by atoms with Crippen LogP contribution in [0.2, 0.25) is 0 Å². The average Bonchev–Trinajstić information content (AvgIpc) is 3.42. The minimum atomic E-state index is 0.198. The molecule has 8 heteroatoms. The molecule has 156 valence electrons. The Morgan fingerprint density at radius 1 is 1.23 bits per heavy atom. The molecule has 4 heterocycles. The van der Waals surface area contributed by atoms with Crippen molar-refractivity contribution in [1.82, 2.24) is 29.5 Å². The number of hydrogen-bond donors (Lipinski definition) is 0. The summed E-state index contributed by atoms with van der Waals surface area (Å²) in [7, 11) is 0. The van der Waals surface area contributed by atoms with Crippen LogP contribution in [0.3, 0.4) is 0 Å². The molecule has 0 spiro atoms. The molecule has 2 aliphatic rings. The van der Waals surface area contributed by atoms with Gasteiger partial charge in [-0.05, 0) is 44.7 Å². The van der Waals surface area contributed by atoms with Gasteiger partial charge >= 0.3 is 0 Å². The summed E-state index contributed by atoms with van der Waals surface area (Å²) in [6.45, 7) is 10.9. The molecule has 1 saturated carbocycles. The summed E-state index contributed by atoms with van der Waals surface area (Å²) in [6.07, 6.45) is 8.37. The van der Waals surface area contributed by atoms with E-state index in [1.54, 1.807) is 0 Å². The molecule has 1 aliphatic carbocycles. The molecule has 1 aliphatic heterocycles. The fourth-order valence-corrected chi connectivity index (χ4v) is 4.70. The molecule has 1 aromatic carbocycles. The van der Waals surface area contributed by atoms with Crippen molar-refractivity contribution < 1.29 is 4.74 Å². The molecule has 2 atom stereocenters.